The van der Waals surface area contributed by atoms with E-state index in [1.165, 1.54) is 0 Å². The summed E-state index contributed by atoms with van der Waals surface area (Å²) < 4.78 is 14.2. The summed E-state index contributed by atoms with van der Waals surface area (Å²) in [5.74, 6) is 0. The molecule has 0 radical (unpaired) electrons. The second-order valence-corrected chi connectivity index (χ2v) is 6.96. The molecule has 0 fully saturated rings. The first-order valence-electron chi connectivity index (χ1n) is 3.74. The molecule has 0 aliphatic heterocycles. The third kappa shape index (κ3) is 1.99. The fraction of sp³-hybridized carbons (Fsp3) is 0.571. The zero-order chi connectivity index (χ0) is 9.35. The van der Waals surface area contributed by atoms with Gasteiger partial charge in [0.25, 0.3) is 0 Å². The van der Waals surface area contributed by atoms with Crippen molar-refractivity contribution in [2.24, 2.45) is 0 Å². The van der Waals surface area contributed by atoms with Crippen LogP contribution >= 0.6 is 23.1 Å². The second-order valence-electron chi connectivity index (χ2n) is 2.99. The van der Waals surface area contributed by atoms with Crippen molar-refractivity contribution in [3.63, 3.8) is 0 Å². The van der Waals surface area contributed by atoms with Gasteiger partial charge in [0.1, 0.15) is 11.7 Å². The van der Waals surface area contributed by atoms with Crippen LogP contribution in [0.15, 0.2) is 10.7 Å². The fourth-order valence-electron chi connectivity index (χ4n) is 1.04. The maximum atomic E-state index is 11.7. The normalized spacial score (nSPS) is 12.0. The lowest BCUT2D eigenvalue weighted by atomic mass is 10.7. The zero-order valence-electron chi connectivity index (χ0n) is 7.41. The van der Waals surface area contributed by atoms with Crippen LogP contribution in [-0.2, 0) is 11.1 Å². The van der Waals surface area contributed by atoms with E-state index >= 15 is 0 Å². The number of hydrogen-bond acceptors (Lipinski definition) is 2. The Hall–Kier alpha value is -0.0800. The summed E-state index contributed by atoms with van der Waals surface area (Å²) in [6, 6.07) is 1.82. The molecule has 0 aromatic carbocycles. The van der Waals surface area contributed by atoms with Gasteiger partial charge in [0.15, 0.2) is 0 Å². The van der Waals surface area contributed by atoms with Crippen LogP contribution in [0.2, 0.25) is 0 Å². The maximum absolute atomic E-state index is 11.7. The van der Waals surface area contributed by atoms with E-state index < -0.39 is 7.14 Å². The van der Waals surface area contributed by atoms with Gasteiger partial charge < -0.3 is 4.57 Å². The minimum absolute atomic E-state index is 0.753. The van der Waals surface area contributed by atoms with E-state index in [1.807, 2.05) is 13.0 Å². The minimum atomic E-state index is -2.18. The molecule has 0 amide bonds. The third-order valence-electron chi connectivity index (χ3n) is 1.58. The molecule has 0 N–H and O–H groups in total. The van der Waals surface area contributed by atoms with Crippen LogP contribution < -0.4 is 5.44 Å². The Kier molecular flexibility index (Phi) is 2.79. The van der Waals surface area contributed by atoms with Gasteiger partial charge in [-0.1, -0.05) is 0 Å². The van der Waals surface area contributed by atoms with E-state index in [0.717, 1.165) is 16.6 Å². The summed E-state index contributed by atoms with van der Waals surface area (Å²) in [5.41, 5.74) is 0.830. The van der Waals surface area contributed by atoms with E-state index in [0.29, 0.717) is 0 Å². The van der Waals surface area contributed by atoms with E-state index in [9.17, 15) is 4.57 Å². The number of rotatable bonds is 2. The topological polar surface area (TPSA) is 34.9 Å². The molecule has 0 unspecified atom stereocenters. The minimum Gasteiger partial charge on any atom is -0.318 e. The number of aromatic nitrogens is 2. The molecule has 0 saturated carbocycles. The molecule has 12 heavy (non-hydrogen) atoms. The van der Waals surface area contributed by atoms with Crippen molar-refractivity contribution < 1.29 is 4.57 Å². The molecule has 5 heteroatoms. The van der Waals surface area contributed by atoms with Crippen molar-refractivity contribution in [1.29, 1.82) is 0 Å². The largest absolute Gasteiger partial charge is 0.318 e. The summed E-state index contributed by atoms with van der Waals surface area (Å²) in [6.07, 6.45) is 0. The summed E-state index contributed by atoms with van der Waals surface area (Å²) in [5, 5.41) is 4.16. The van der Waals surface area contributed by atoms with Crippen LogP contribution in [-0.4, -0.2) is 23.1 Å². The molecule has 0 atom stereocenters. The molecule has 1 aromatic rings. The molecule has 0 bridgehead atoms. The molecule has 1 heterocycles. The zero-order valence-corrected chi connectivity index (χ0v) is 9.89. The molecule has 1 rings (SSSR count). The summed E-state index contributed by atoms with van der Waals surface area (Å²) in [4.78, 5) is 0. The highest BCUT2D eigenvalue weighted by atomic mass is 79.9. The van der Waals surface area contributed by atoms with Crippen LogP contribution in [0.3, 0.4) is 0 Å². The predicted molar refractivity (Wildman–Crippen MR) is 54.7 cm³/mol. The van der Waals surface area contributed by atoms with Crippen molar-refractivity contribution in [2.75, 3.05) is 13.3 Å². The summed E-state index contributed by atoms with van der Waals surface area (Å²) >= 11 is 3.26. The van der Waals surface area contributed by atoms with Gasteiger partial charge in [-0.2, -0.15) is 5.10 Å². The lowest BCUT2D eigenvalue weighted by molar-refractivity contribution is 0.583. The van der Waals surface area contributed by atoms with Crippen LogP contribution in [0.5, 0.6) is 0 Å². The monoisotopic (exact) mass is 250 g/mol. The van der Waals surface area contributed by atoms with Crippen LogP contribution in [0.1, 0.15) is 6.92 Å². The van der Waals surface area contributed by atoms with Crippen LogP contribution in [0.25, 0.3) is 0 Å². The molecule has 3 nitrogen and oxygen atoms in total. The SMILES string of the molecule is CCn1nc(Br)cc1P(C)(C)=O. The van der Waals surface area contributed by atoms with Gasteiger partial charge in [0.2, 0.25) is 0 Å². The first-order valence-corrected chi connectivity index (χ1v) is 7.13. The maximum Gasteiger partial charge on any atom is 0.128 e. The Balaban J connectivity index is 3.23. The van der Waals surface area contributed by atoms with E-state index in [2.05, 4.69) is 21.0 Å². The van der Waals surface area contributed by atoms with Crippen molar-refractivity contribution >= 4 is 28.5 Å². The standard InChI is InChI=1S/C7H12BrN2OP/c1-4-10-7(12(2,3)11)5-6(8)9-10/h5H,4H2,1-3H3. The number of halogens is 1. The highest BCUT2D eigenvalue weighted by molar-refractivity contribution is 9.10. The lowest BCUT2D eigenvalue weighted by Gasteiger charge is -2.07. The molecular weight excluding hydrogens is 239 g/mol. The summed E-state index contributed by atoms with van der Waals surface area (Å²) in [7, 11) is -2.18. The molecule has 0 saturated heterocycles. The molecular formula is C7H12BrN2OP. The molecule has 0 aliphatic rings. The van der Waals surface area contributed by atoms with Gasteiger partial charge in [-0.15, -0.1) is 0 Å². The fourth-order valence-corrected chi connectivity index (χ4v) is 2.80. The second kappa shape index (κ2) is 3.35. The first-order chi connectivity index (χ1) is 5.45. The van der Waals surface area contributed by atoms with Crippen molar-refractivity contribution in [1.82, 2.24) is 9.78 Å². The predicted octanol–water partition coefficient (Wildman–Crippen LogP) is 1.91. The van der Waals surface area contributed by atoms with Crippen molar-refractivity contribution in [3.05, 3.63) is 10.7 Å². The van der Waals surface area contributed by atoms with Crippen molar-refractivity contribution in [3.8, 4) is 0 Å². The van der Waals surface area contributed by atoms with Gasteiger partial charge in [-0.3, -0.25) is 4.68 Å². The van der Waals surface area contributed by atoms with Crippen LogP contribution in [0, 0.1) is 0 Å². The lowest BCUT2D eigenvalue weighted by Crippen LogP contribution is -2.16. The Bertz CT molecular complexity index is 328. The highest BCUT2D eigenvalue weighted by Crippen LogP contribution is 2.35. The van der Waals surface area contributed by atoms with E-state index in [1.54, 1.807) is 18.0 Å². The highest BCUT2D eigenvalue weighted by Gasteiger charge is 2.17. The Labute approximate surface area is 80.7 Å². The number of hydrogen-bond donors (Lipinski definition) is 0. The first kappa shape index (κ1) is 10.0. The Morgan fingerprint density at radius 1 is 1.67 bits per heavy atom. The number of aryl methyl sites for hydroxylation is 1. The summed E-state index contributed by atoms with van der Waals surface area (Å²) in [6.45, 7) is 6.25. The molecule has 0 aliphatic carbocycles. The quantitative estimate of drug-likeness (QED) is 0.752. The van der Waals surface area contributed by atoms with E-state index in [4.69, 9.17) is 0 Å². The van der Waals surface area contributed by atoms with Gasteiger partial charge in [0.05, 0.1) is 5.44 Å². The third-order valence-corrected chi connectivity index (χ3v) is 3.43. The van der Waals surface area contributed by atoms with Gasteiger partial charge in [0, 0.05) is 12.6 Å². The molecule has 0 spiro atoms. The average Bonchev–Trinajstić information content (AvgIpc) is 2.29. The van der Waals surface area contributed by atoms with Gasteiger partial charge in [-0.25, -0.2) is 0 Å². The molecule has 68 valence electrons. The van der Waals surface area contributed by atoms with Crippen LogP contribution in [0.4, 0.5) is 0 Å². The Morgan fingerprint density at radius 2 is 2.25 bits per heavy atom. The van der Waals surface area contributed by atoms with Crippen molar-refractivity contribution in [2.45, 2.75) is 13.5 Å². The molecule has 1 aromatic heterocycles. The van der Waals surface area contributed by atoms with E-state index in [-0.39, 0.29) is 0 Å². The van der Waals surface area contributed by atoms with Gasteiger partial charge >= 0.3 is 0 Å². The van der Waals surface area contributed by atoms with Gasteiger partial charge in [-0.05, 0) is 36.2 Å². The smallest absolute Gasteiger partial charge is 0.128 e. The number of nitrogens with zero attached hydrogens (tertiary/aromatic N) is 2. The average molecular weight is 251 g/mol. The Morgan fingerprint density at radius 3 is 2.58 bits per heavy atom.